The number of benzene rings is 2. The Morgan fingerprint density at radius 3 is 2.36 bits per heavy atom. The number of nitro groups is 1. The smallest absolute Gasteiger partial charge is 0.314 e. The number of carbonyl (C=O) groups is 2. The van der Waals surface area contributed by atoms with E-state index in [1.54, 1.807) is 25.1 Å². The van der Waals surface area contributed by atoms with Gasteiger partial charge in [-0.2, -0.15) is 0 Å². The van der Waals surface area contributed by atoms with Crippen molar-refractivity contribution in [2.45, 2.75) is 6.92 Å². The Kier molecular flexibility index (Phi) is 5.56. The molecule has 0 spiro atoms. The fourth-order valence-electron chi connectivity index (χ4n) is 2.01. The van der Waals surface area contributed by atoms with Gasteiger partial charge in [0.25, 0.3) is 5.69 Å². The number of methoxy groups -OCH3 is 1. The number of carbonyl (C=O) groups excluding carboxylic acids is 2. The molecule has 2 rings (SSSR count). The number of nitrogens with one attached hydrogen (secondary N) is 2. The van der Waals surface area contributed by atoms with Crippen LogP contribution in [0.1, 0.15) is 5.56 Å². The zero-order valence-electron chi connectivity index (χ0n) is 13.3. The Bertz CT molecular complexity index is 854. The van der Waals surface area contributed by atoms with E-state index in [9.17, 15) is 19.7 Å². The summed E-state index contributed by atoms with van der Waals surface area (Å²) in [6.45, 7) is 1.69. The van der Waals surface area contributed by atoms with E-state index in [0.717, 1.165) is 6.07 Å². The number of rotatable bonds is 4. The molecule has 2 N–H and O–H groups in total. The molecule has 2 aromatic carbocycles. The summed E-state index contributed by atoms with van der Waals surface area (Å²) in [5, 5.41) is 16.0. The van der Waals surface area contributed by atoms with Crippen molar-refractivity contribution >= 4 is 40.5 Å². The van der Waals surface area contributed by atoms with Crippen molar-refractivity contribution in [3.8, 4) is 5.75 Å². The Balaban J connectivity index is 2.18. The molecule has 0 atom stereocenters. The lowest BCUT2D eigenvalue weighted by Crippen LogP contribution is -2.29. The second kappa shape index (κ2) is 7.63. The van der Waals surface area contributed by atoms with Gasteiger partial charge in [0, 0.05) is 22.8 Å². The zero-order chi connectivity index (χ0) is 18.6. The van der Waals surface area contributed by atoms with Crippen molar-refractivity contribution in [2.75, 3.05) is 17.7 Å². The monoisotopic (exact) mass is 363 g/mol. The number of nitrogens with zero attached hydrogens (tertiary/aromatic N) is 1. The molecule has 0 aliphatic heterocycles. The molecule has 25 heavy (non-hydrogen) atoms. The Labute approximate surface area is 147 Å². The fourth-order valence-corrected chi connectivity index (χ4v) is 2.18. The molecule has 9 heteroatoms. The molecule has 0 aliphatic rings. The predicted molar refractivity (Wildman–Crippen MR) is 93.1 cm³/mol. The van der Waals surface area contributed by atoms with Gasteiger partial charge in [0.2, 0.25) is 0 Å². The lowest BCUT2D eigenvalue weighted by atomic mass is 10.2. The highest BCUT2D eigenvalue weighted by Gasteiger charge is 2.19. The summed E-state index contributed by atoms with van der Waals surface area (Å²) in [5.41, 5.74) is 0.763. The average Bonchev–Trinajstić information content (AvgIpc) is 2.58. The van der Waals surface area contributed by atoms with E-state index < -0.39 is 16.7 Å². The minimum absolute atomic E-state index is 0.0136. The molecule has 0 saturated carbocycles. The number of hydrogen-bond donors (Lipinski definition) is 2. The molecule has 0 saturated heterocycles. The first-order valence-electron chi connectivity index (χ1n) is 7.03. The van der Waals surface area contributed by atoms with Crippen LogP contribution in [0.3, 0.4) is 0 Å². The second-order valence-electron chi connectivity index (χ2n) is 4.96. The van der Waals surface area contributed by atoms with Crippen LogP contribution >= 0.6 is 11.6 Å². The molecular weight excluding hydrogens is 350 g/mol. The van der Waals surface area contributed by atoms with Gasteiger partial charge in [-0.05, 0) is 30.7 Å². The molecule has 0 heterocycles. The summed E-state index contributed by atoms with van der Waals surface area (Å²) in [5.74, 6) is -1.76. The lowest BCUT2D eigenvalue weighted by molar-refractivity contribution is -0.384. The summed E-state index contributed by atoms with van der Waals surface area (Å²) in [7, 11) is 1.34. The van der Waals surface area contributed by atoms with Crippen molar-refractivity contribution in [2.24, 2.45) is 0 Å². The normalized spacial score (nSPS) is 10.0. The quantitative estimate of drug-likeness (QED) is 0.492. The van der Waals surface area contributed by atoms with Gasteiger partial charge in [-0.15, -0.1) is 0 Å². The van der Waals surface area contributed by atoms with Crippen molar-refractivity contribution < 1.29 is 19.2 Å². The highest BCUT2D eigenvalue weighted by atomic mass is 35.5. The molecule has 0 fully saturated rings. The average molecular weight is 364 g/mol. The first-order chi connectivity index (χ1) is 11.8. The van der Waals surface area contributed by atoms with Crippen molar-refractivity contribution in [1.29, 1.82) is 0 Å². The van der Waals surface area contributed by atoms with E-state index in [2.05, 4.69) is 10.6 Å². The number of non-ortho nitro benzene ring substituents is 1. The number of amides is 2. The maximum absolute atomic E-state index is 12.1. The van der Waals surface area contributed by atoms with Gasteiger partial charge in [-0.25, -0.2) is 0 Å². The van der Waals surface area contributed by atoms with Gasteiger partial charge in [0.05, 0.1) is 17.7 Å². The number of anilines is 2. The summed E-state index contributed by atoms with van der Waals surface area (Å²) in [6, 6.07) is 8.54. The Hall–Kier alpha value is -3.13. The number of ether oxygens (including phenoxy) is 1. The molecule has 130 valence electrons. The molecule has 0 aromatic heterocycles. The van der Waals surface area contributed by atoms with Crippen LogP contribution in [0.25, 0.3) is 0 Å². The van der Waals surface area contributed by atoms with Crippen LogP contribution in [0.5, 0.6) is 5.75 Å². The van der Waals surface area contributed by atoms with Gasteiger partial charge in [0.15, 0.2) is 0 Å². The van der Waals surface area contributed by atoms with Gasteiger partial charge in [-0.3, -0.25) is 19.7 Å². The third-order valence-corrected chi connectivity index (χ3v) is 3.77. The standard InChI is InChI=1S/C16H14ClN3O5/c1-9-11(17)4-3-5-12(9)18-15(21)16(22)19-13-8-10(20(23)24)6-7-14(13)25-2/h3-8H,1-2H3,(H,18,21)(H,19,22). The van der Waals surface area contributed by atoms with E-state index >= 15 is 0 Å². The summed E-state index contributed by atoms with van der Waals surface area (Å²) in [6.07, 6.45) is 0. The summed E-state index contributed by atoms with van der Waals surface area (Å²) in [4.78, 5) is 34.4. The van der Waals surface area contributed by atoms with Gasteiger partial charge in [0.1, 0.15) is 5.75 Å². The van der Waals surface area contributed by atoms with E-state index in [1.165, 1.54) is 19.2 Å². The SMILES string of the molecule is COc1ccc([N+](=O)[O-])cc1NC(=O)C(=O)Nc1cccc(Cl)c1C. The second-order valence-corrected chi connectivity index (χ2v) is 5.37. The van der Waals surface area contributed by atoms with Crippen LogP contribution in [0.2, 0.25) is 5.02 Å². The molecule has 0 radical (unpaired) electrons. The molecule has 8 nitrogen and oxygen atoms in total. The predicted octanol–water partition coefficient (Wildman–Crippen LogP) is 3.14. The largest absolute Gasteiger partial charge is 0.495 e. The van der Waals surface area contributed by atoms with Crippen molar-refractivity contribution in [1.82, 2.24) is 0 Å². The highest BCUT2D eigenvalue weighted by Crippen LogP contribution is 2.29. The third kappa shape index (κ3) is 4.24. The van der Waals surface area contributed by atoms with Crippen LogP contribution in [-0.4, -0.2) is 23.8 Å². The molecule has 0 bridgehead atoms. The fraction of sp³-hybridized carbons (Fsp3) is 0.125. The highest BCUT2D eigenvalue weighted by molar-refractivity contribution is 6.44. The van der Waals surface area contributed by atoms with Crippen LogP contribution in [0.15, 0.2) is 36.4 Å². The topological polar surface area (TPSA) is 111 Å². The van der Waals surface area contributed by atoms with Gasteiger partial charge < -0.3 is 15.4 Å². The molecular formula is C16H14ClN3O5. The molecule has 2 amide bonds. The van der Waals surface area contributed by atoms with Crippen LogP contribution in [-0.2, 0) is 9.59 Å². The maximum atomic E-state index is 12.1. The lowest BCUT2D eigenvalue weighted by Gasteiger charge is -2.11. The first-order valence-corrected chi connectivity index (χ1v) is 7.41. The Morgan fingerprint density at radius 2 is 1.76 bits per heavy atom. The van der Waals surface area contributed by atoms with Crippen molar-refractivity contribution in [3.05, 3.63) is 57.1 Å². The van der Waals surface area contributed by atoms with E-state index in [1.807, 2.05) is 0 Å². The van der Waals surface area contributed by atoms with Crippen LogP contribution in [0.4, 0.5) is 17.1 Å². The van der Waals surface area contributed by atoms with Crippen LogP contribution < -0.4 is 15.4 Å². The van der Waals surface area contributed by atoms with E-state index in [0.29, 0.717) is 16.3 Å². The maximum Gasteiger partial charge on any atom is 0.314 e. The van der Waals surface area contributed by atoms with Crippen molar-refractivity contribution in [3.63, 3.8) is 0 Å². The molecule has 0 unspecified atom stereocenters. The van der Waals surface area contributed by atoms with E-state index in [4.69, 9.17) is 16.3 Å². The van der Waals surface area contributed by atoms with Gasteiger partial charge >= 0.3 is 11.8 Å². The van der Waals surface area contributed by atoms with Gasteiger partial charge in [-0.1, -0.05) is 17.7 Å². The minimum atomic E-state index is -1.00. The van der Waals surface area contributed by atoms with E-state index in [-0.39, 0.29) is 17.1 Å². The number of nitro benzene ring substituents is 1. The summed E-state index contributed by atoms with van der Waals surface area (Å²) < 4.78 is 5.03. The Morgan fingerprint density at radius 1 is 1.12 bits per heavy atom. The molecule has 0 aliphatic carbocycles. The number of hydrogen-bond acceptors (Lipinski definition) is 5. The molecule has 2 aromatic rings. The van der Waals surface area contributed by atoms with Crippen LogP contribution in [0, 0.1) is 17.0 Å². The summed E-state index contributed by atoms with van der Waals surface area (Å²) >= 11 is 5.96. The first kappa shape index (κ1) is 18.2. The number of halogens is 1. The zero-order valence-corrected chi connectivity index (χ0v) is 14.1. The third-order valence-electron chi connectivity index (χ3n) is 3.36. The minimum Gasteiger partial charge on any atom is -0.495 e.